The summed E-state index contributed by atoms with van der Waals surface area (Å²) < 4.78 is 92.1. The van der Waals surface area contributed by atoms with Crippen molar-refractivity contribution in [3.05, 3.63) is 28.8 Å². The van der Waals surface area contributed by atoms with E-state index in [0.717, 1.165) is 0 Å². The smallest absolute Gasteiger partial charge is 0.462 e. The molecule has 0 saturated carbocycles. The minimum absolute atomic E-state index is 0.0120. The summed E-state index contributed by atoms with van der Waals surface area (Å²) in [6.45, 7) is 1.81. The molecule has 0 spiro atoms. The second-order valence-corrected chi connectivity index (χ2v) is 4.57. The first-order valence-electron chi connectivity index (χ1n) is 5.97. The topological polar surface area (TPSA) is 33.6 Å². The van der Waals surface area contributed by atoms with Crippen molar-refractivity contribution < 1.29 is 35.5 Å². The molecule has 130 valence electrons. The van der Waals surface area contributed by atoms with Crippen LogP contribution in [0.25, 0.3) is 0 Å². The third-order valence-electron chi connectivity index (χ3n) is 2.43. The first-order valence-corrected chi connectivity index (χ1v) is 6.35. The SMILES string of the molecule is CCOc1ccc(Cl)cc1/C=N\NC(F)(F)C(F)(F)C(F)(F)F. The Balaban J connectivity index is 2.97. The van der Waals surface area contributed by atoms with Gasteiger partial charge < -0.3 is 4.74 Å². The summed E-state index contributed by atoms with van der Waals surface area (Å²) >= 11 is 5.66. The summed E-state index contributed by atoms with van der Waals surface area (Å²) in [6.07, 6.45) is -5.84. The van der Waals surface area contributed by atoms with Crippen LogP contribution < -0.4 is 10.2 Å². The van der Waals surface area contributed by atoms with E-state index in [1.165, 1.54) is 18.2 Å². The van der Waals surface area contributed by atoms with Crippen molar-refractivity contribution in [1.29, 1.82) is 0 Å². The van der Waals surface area contributed by atoms with Crippen LogP contribution in [0.3, 0.4) is 0 Å². The fourth-order valence-corrected chi connectivity index (χ4v) is 1.52. The van der Waals surface area contributed by atoms with E-state index in [2.05, 4.69) is 5.10 Å². The van der Waals surface area contributed by atoms with E-state index in [1.54, 1.807) is 6.92 Å². The van der Waals surface area contributed by atoms with Crippen molar-refractivity contribution >= 4 is 17.8 Å². The van der Waals surface area contributed by atoms with Crippen LogP contribution in [0.2, 0.25) is 5.02 Å². The van der Waals surface area contributed by atoms with E-state index in [4.69, 9.17) is 16.3 Å². The first-order chi connectivity index (χ1) is 10.4. The Morgan fingerprint density at radius 1 is 1.17 bits per heavy atom. The summed E-state index contributed by atoms with van der Waals surface area (Å²) in [5.74, 6) is -6.16. The lowest BCUT2D eigenvalue weighted by molar-refractivity contribution is -0.361. The van der Waals surface area contributed by atoms with Gasteiger partial charge in [-0.3, -0.25) is 0 Å². The zero-order chi connectivity index (χ0) is 17.9. The lowest BCUT2D eigenvalue weighted by Gasteiger charge is -2.27. The van der Waals surface area contributed by atoms with Crippen LogP contribution in [-0.4, -0.2) is 31.0 Å². The predicted molar refractivity (Wildman–Crippen MR) is 69.3 cm³/mol. The number of halogens is 8. The van der Waals surface area contributed by atoms with Crippen molar-refractivity contribution in [2.24, 2.45) is 5.10 Å². The average Bonchev–Trinajstić information content (AvgIpc) is 2.40. The molecule has 0 fully saturated rings. The van der Waals surface area contributed by atoms with Gasteiger partial charge in [-0.1, -0.05) is 11.6 Å². The van der Waals surface area contributed by atoms with Crippen LogP contribution in [0.15, 0.2) is 23.3 Å². The standard InChI is InChI=1S/C12H10ClF7N2O/c1-2-23-9-4-3-8(13)5-7(9)6-21-22-12(19,20)10(14,15)11(16,17)18/h3-6,22H,2H2,1H3/b21-6-. The Morgan fingerprint density at radius 3 is 2.30 bits per heavy atom. The molecule has 0 amide bonds. The Labute approximate surface area is 131 Å². The zero-order valence-electron chi connectivity index (χ0n) is 11.4. The molecule has 0 aliphatic rings. The Kier molecular flexibility index (Phi) is 5.73. The highest BCUT2D eigenvalue weighted by atomic mass is 35.5. The van der Waals surface area contributed by atoms with Gasteiger partial charge in [0.15, 0.2) is 0 Å². The monoisotopic (exact) mass is 366 g/mol. The molecule has 0 aliphatic carbocycles. The number of rotatable bonds is 6. The highest BCUT2D eigenvalue weighted by molar-refractivity contribution is 6.30. The van der Waals surface area contributed by atoms with Gasteiger partial charge in [-0.15, -0.1) is 0 Å². The molecule has 23 heavy (non-hydrogen) atoms. The van der Waals surface area contributed by atoms with Gasteiger partial charge >= 0.3 is 18.1 Å². The molecule has 1 rings (SSSR count). The lowest BCUT2D eigenvalue weighted by Crippen LogP contribution is -2.58. The van der Waals surface area contributed by atoms with Crippen molar-refractivity contribution in [2.45, 2.75) is 25.1 Å². The molecule has 0 saturated heterocycles. The van der Waals surface area contributed by atoms with Crippen molar-refractivity contribution in [1.82, 2.24) is 5.43 Å². The molecular weight excluding hydrogens is 357 g/mol. The molecule has 1 aromatic rings. The highest BCUT2D eigenvalue weighted by Gasteiger charge is 2.73. The number of benzene rings is 1. The maximum absolute atomic E-state index is 13.0. The van der Waals surface area contributed by atoms with Gasteiger partial charge in [-0.25, -0.2) is 5.43 Å². The number of nitrogens with zero attached hydrogens (tertiary/aromatic N) is 1. The number of alkyl halides is 7. The van der Waals surface area contributed by atoms with Crippen LogP contribution in [0.4, 0.5) is 30.7 Å². The van der Waals surface area contributed by atoms with Crippen LogP contribution >= 0.6 is 11.6 Å². The second-order valence-electron chi connectivity index (χ2n) is 4.13. The second kappa shape index (κ2) is 6.81. The molecule has 0 radical (unpaired) electrons. The largest absolute Gasteiger partial charge is 0.493 e. The average molecular weight is 367 g/mol. The minimum Gasteiger partial charge on any atom is -0.493 e. The van der Waals surface area contributed by atoms with Gasteiger partial charge in [-0.2, -0.15) is 35.8 Å². The molecule has 11 heteroatoms. The van der Waals surface area contributed by atoms with Crippen LogP contribution in [0.1, 0.15) is 12.5 Å². The summed E-state index contributed by atoms with van der Waals surface area (Å²) in [5, 5.41) is 2.89. The number of nitrogens with one attached hydrogen (secondary N) is 1. The molecule has 0 unspecified atom stereocenters. The van der Waals surface area contributed by atoms with Crippen LogP contribution in [0.5, 0.6) is 5.75 Å². The minimum atomic E-state index is -6.44. The summed E-state index contributed by atoms with van der Waals surface area (Å²) in [6, 6.07) is -1.66. The quantitative estimate of drug-likeness (QED) is 0.349. The van der Waals surface area contributed by atoms with Crippen LogP contribution in [0, 0.1) is 0 Å². The molecule has 0 atom stereocenters. The van der Waals surface area contributed by atoms with E-state index in [-0.39, 0.29) is 22.9 Å². The van der Waals surface area contributed by atoms with Gasteiger partial charge in [0.25, 0.3) is 0 Å². The maximum Gasteiger partial charge on any atom is 0.462 e. The number of hydrogen-bond donors (Lipinski definition) is 1. The lowest BCUT2D eigenvalue weighted by atomic mass is 10.2. The first kappa shape index (κ1) is 19.3. The normalized spacial score (nSPS) is 13.4. The Morgan fingerprint density at radius 2 is 1.78 bits per heavy atom. The maximum atomic E-state index is 13.0. The highest BCUT2D eigenvalue weighted by Crippen LogP contribution is 2.45. The molecule has 0 aliphatic heterocycles. The number of hydrazone groups is 1. The molecule has 0 aromatic heterocycles. The van der Waals surface area contributed by atoms with Crippen molar-refractivity contribution in [3.8, 4) is 5.75 Å². The molecule has 0 bridgehead atoms. The third kappa shape index (κ3) is 4.40. The third-order valence-corrected chi connectivity index (χ3v) is 2.67. The van der Waals surface area contributed by atoms with Gasteiger partial charge in [-0.05, 0) is 25.1 Å². The number of hydrogen-bond acceptors (Lipinski definition) is 3. The summed E-state index contributed by atoms with van der Waals surface area (Å²) in [4.78, 5) is 0. The van der Waals surface area contributed by atoms with Gasteiger partial charge in [0.05, 0.1) is 12.8 Å². The molecule has 3 nitrogen and oxygen atoms in total. The van der Waals surface area contributed by atoms with E-state index < -0.39 is 18.1 Å². The zero-order valence-corrected chi connectivity index (χ0v) is 12.2. The van der Waals surface area contributed by atoms with E-state index >= 15 is 0 Å². The van der Waals surface area contributed by atoms with Crippen LogP contribution in [-0.2, 0) is 0 Å². The van der Waals surface area contributed by atoms with Crippen molar-refractivity contribution in [3.63, 3.8) is 0 Å². The predicted octanol–water partition coefficient (Wildman–Crippen LogP) is 4.45. The molecular formula is C12H10ClF7N2O. The molecule has 1 N–H and O–H groups in total. The van der Waals surface area contributed by atoms with E-state index in [9.17, 15) is 30.7 Å². The molecule has 0 heterocycles. The van der Waals surface area contributed by atoms with E-state index in [0.29, 0.717) is 11.6 Å². The van der Waals surface area contributed by atoms with Gasteiger partial charge in [0, 0.05) is 10.6 Å². The Bertz CT molecular complexity index is 575. The van der Waals surface area contributed by atoms with E-state index in [1.807, 2.05) is 0 Å². The number of ether oxygens (including phenoxy) is 1. The van der Waals surface area contributed by atoms with Crippen molar-refractivity contribution in [2.75, 3.05) is 6.61 Å². The Hall–Kier alpha value is -1.71. The fraction of sp³-hybridized carbons (Fsp3) is 0.417. The van der Waals surface area contributed by atoms with Gasteiger partial charge in [0.1, 0.15) is 5.75 Å². The summed E-state index contributed by atoms with van der Waals surface area (Å²) in [7, 11) is 0. The fourth-order valence-electron chi connectivity index (χ4n) is 1.34. The molecule has 1 aromatic carbocycles. The summed E-state index contributed by atoms with van der Waals surface area (Å²) in [5.41, 5.74) is 0.523. The van der Waals surface area contributed by atoms with Gasteiger partial charge in [0.2, 0.25) is 0 Å².